The Balaban J connectivity index is 1.46. The minimum atomic E-state index is 0.409. The van der Waals surface area contributed by atoms with Crippen molar-refractivity contribution in [3.8, 4) is 5.75 Å². The number of hydrogen-bond acceptors (Lipinski definition) is 3. The first-order valence-electron chi connectivity index (χ1n) is 9.78. The van der Waals surface area contributed by atoms with E-state index in [1.54, 1.807) is 0 Å². The van der Waals surface area contributed by atoms with Gasteiger partial charge in [-0.05, 0) is 43.5 Å². The number of rotatable bonds is 7. The summed E-state index contributed by atoms with van der Waals surface area (Å²) in [5.41, 5.74) is 2.51. The number of guanidine groups is 1. The maximum absolute atomic E-state index is 5.70. The Hall–Kier alpha value is -2.69. The second kappa shape index (κ2) is 9.86. The van der Waals surface area contributed by atoms with Crippen molar-refractivity contribution in [3.63, 3.8) is 0 Å². The van der Waals surface area contributed by atoms with E-state index in [-0.39, 0.29) is 0 Å². The van der Waals surface area contributed by atoms with Crippen LogP contribution in [0.2, 0.25) is 0 Å². The molecule has 0 radical (unpaired) electrons. The topological polar surface area (TPSA) is 48.9 Å². The van der Waals surface area contributed by atoms with Crippen molar-refractivity contribution in [1.29, 1.82) is 0 Å². The maximum atomic E-state index is 5.70. The van der Waals surface area contributed by atoms with Crippen molar-refractivity contribution in [3.05, 3.63) is 60.2 Å². The van der Waals surface area contributed by atoms with Crippen LogP contribution in [0.15, 0.2) is 59.6 Å². The maximum Gasteiger partial charge on any atom is 0.191 e. The Bertz CT molecular complexity index is 732. The third kappa shape index (κ3) is 5.39. The van der Waals surface area contributed by atoms with Crippen molar-refractivity contribution in [2.75, 3.05) is 38.2 Å². The van der Waals surface area contributed by atoms with Crippen molar-refractivity contribution in [1.82, 2.24) is 10.6 Å². The van der Waals surface area contributed by atoms with Crippen LogP contribution in [-0.4, -0.2) is 45.3 Å². The van der Waals surface area contributed by atoms with E-state index in [1.807, 2.05) is 26.1 Å². The number of ether oxygens (including phenoxy) is 1. The fourth-order valence-corrected chi connectivity index (χ4v) is 3.46. The molecule has 0 aromatic heterocycles. The van der Waals surface area contributed by atoms with E-state index in [1.165, 1.54) is 11.3 Å². The lowest BCUT2D eigenvalue weighted by Crippen LogP contribution is -2.45. The van der Waals surface area contributed by atoms with Gasteiger partial charge in [0.05, 0.1) is 6.61 Å². The monoisotopic (exact) mass is 366 g/mol. The van der Waals surface area contributed by atoms with Crippen molar-refractivity contribution in [2.45, 2.75) is 25.8 Å². The Morgan fingerprint density at radius 2 is 1.93 bits per heavy atom. The van der Waals surface area contributed by atoms with Gasteiger partial charge >= 0.3 is 0 Å². The normalized spacial score (nSPS) is 17.0. The second-order valence-corrected chi connectivity index (χ2v) is 6.70. The summed E-state index contributed by atoms with van der Waals surface area (Å²) in [5, 5.41) is 6.99. The number of aliphatic imine (C=N–C) groups is 1. The second-order valence-electron chi connectivity index (χ2n) is 6.70. The Kier molecular flexibility index (Phi) is 6.97. The average Bonchev–Trinajstić information content (AvgIpc) is 3.18. The molecule has 1 heterocycles. The Morgan fingerprint density at radius 1 is 1.15 bits per heavy atom. The van der Waals surface area contributed by atoms with E-state index in [2.05, 4.69) is 63.0 Å². The van der Waals surface area contributed by atoms with Gasteiger partial charge in [0, 0.05) is 38.4 Å². The highest BCUT2D eigenvalue weighted by Gasteiger charge is 2.23. The van der Waals surface area contributed by atoms with Crippen LogP contribution in [-0.2, 0) is 6.42 Å². The Labute approximate surface area is 162 Å². The summed E-state index contributed by atoms with van der Waals surface area (Å²) in [7, 11) is 1.83. The zero-order valence-electron chi connectivity index (χ0n) is 16.3. The number of nitrogens with zero attached hydrogens (tertiary/aromatic N) is 2. The fraction of sp³-hybridized carbons (Fsp3) is 0.409. The van der Waals surface area contributed by atoms with Crippen molar-refractivity contribution < 1.29 is 4.74 Å². The van der Waals surface area contributed by atoms with E-state index in [9.17, 15) is 0 Å². The molecule has 1 saturated heterocycles. The molecule has 2 aromatic rings. The molecule has 2 N–H and O–H groups in total. The fourth-order valence-electron chi connectivity index (χ4n) is 3.46. The first kappa shape index (κ1) is 19.1. The van der Waals surface area contributed by atoms with Crippen molar-refractivity contribution in [2.24, 2.45) is 4.99 Å². The van der Waals surface area contributed by atoms with Crippen LogP contribution in [0.5, 0.6) is 5.75 Å². The molecular formula is C22H30N4O. The third-order valence-corrected chi connectivity index (χ3v) is 4.83. The molecule has 0 aliphatic carbocycles. The number of para-hydroxylation sites is 2. The van der Waals surface area contributed by atoms with Gasteiger partial charge in [0.25, 0.3) is 0 Å². The standard InChI is InChI=1S/C22H30N4O/c1-3-27-21-12-8-7-9-18(21)13-15-24-22(23-2)25-19-14-16-26(17-19)20-10-5-4-6-11-20/h4-12,19H,3,13-17H2,1-2H3,(H2,23,24,25). The summed E-state index contributed by atoms with van der Waals surface area (Å²) in [5.74, 6) is 1.84. The minimum absolute atomic E-state index is 0.409. The summed E-state index contributed by atoms with van der Waals surface area (Å²) < 4.78 is 5.70. The molecule has 27 heavy (non-hydrogen) atoms. The van der Waals surface area contributed by atoms with Crippen LogP contribution in [0.25, 0.3) is 0 Å². The van der Waals surface area contributed by atoms with Gasteiger partial charge < -0.3 is 20.3 Å². The number of hydrogen-bond donors (Lipinski definition) is 2. The highest BCUT2D eigenvalue weighted by molar-refractivity contribution is 5.80. The highest BCUT2D eigenvalue weighted by Crippen LogP contribution is 2.20. The lowest BCUT2D eigenvalue weighted by Gasteiger charge is -2.20. The van der Waals surface area contributed by atoms with Gasteiger partial charge in [0.15, 0.2) is 5.96 Å². The molecule has 1 aliphatic heterocycles. The molecule has 144 valence electrons. The largest absolute Gasteiger partial charge is 0.494 e. The van der Waals surface area contributed by atoms with Gasteiger partial charge in [-0.1, -0.05) is 36.4 Å². The third-order valence-electron chi connectivity index (χ3n) is 4.83. The summed E-state index contributed by atoms with van der Waals surface area (Å²) in [6.45, 7) is 5.59. The van der Waals surface area contributed by atoms with E-state index in [0.29, 0.717) is 12.6 Å². The van der Waals surface area contributed by atoms with Gasteiger partial charge in [0.1, 0.15) is 5.75 Å². The van der Waals surface area contributed by atoms with Gasteiger partial charge in [-0.15, -0.1) is 0 Å². The Morgan fingerprint density at radius 3 is 2.70 bits per heavy atom. The first-order valence-corrected chi connectivity index (χ1v) is 9.78. The summed E-state index contributed by atoms with van der Waals surface area (Å²) >= 11 is 0. The smallest absolute Gasteiger partial charge is 0.191 e. The van der Waals surface area contributed by atoms with Crippen LogP contribution in [0, 0.1) is 0 Å². The number of benzene rings is 2. The van der Waals surface area contributed by atoms with Gasteiger partial charge in [-0.2, -0.15) is 0 Å². The predicted octanol–water partition coefficient (Wildman–Crippen LogP) is 3.07. The molecule has 2 aromatic carbocycles. The molecular weight excluding hydrogens is 336 g/mol. The molecule has 1 fully saturated rings. The molecule has 0 saturated carbocycles. The molecule has 3 rings (SSSR count). The quantitative estimate of drug-likeness (QED) is 0.584. The molecule has 1 unspecified atom stereocenters. The molecule has 0 spiro atoms. The van der Waals surface area contributed by atoms with Gasteiger partial charge in [-0.25, -0.2) is 0 Å². The van der Waals surface area contributed by atoms with E-state index < -0.39 is 0 Å². The lowest BCUT2D eigenvalue weighted by molar-refractivity contribution is 0.336. The van der Waals surface area contributed by atoms with Gasteiger partial charge in [0.2, 0.25) is 0 Å². The molecule has 1 atom stereocenters. The van der Waals surface area contributed by atoms with Crippen LogP contribution in [0.4, 0.5) is 5.69 Å². The summed E-state index contributed by atoms with van der Waals surface area (Å²) in [4.78, 5) is 6.80. The number of anilines is 1. The van der Waals surface area contributed by atoms with Gasteiger partial charge in [-0.3, -0.25) is 4.99 Å². The molecule has 0 amide bonds. The first-order chi connectivity index (χ1) is 13.3. The van der Waals surface area contributed by atoms with E-state index >= 15 is 0 Å². The zero-order valence-corrected chi connectivity index (χ0v) is 16.3. The van der Waals surface area contributed by atoms with Crippen molar-refractivity contribution >= 4 is 11.6 Å². The summed E-state index contributed by atoms with van der Waals surface area (Å²) in [6.07, 6.45) is 2.01. The lowest BCUT2D eigenvalue weighted by atomic mass is 10.1. The molecule has 0 bridgehead atoms. The van der Waals surface area contributed by atoms with Crippen LogP contribution < -0.4 is 20.3 Å². The highest BCUT2D eigenvalue weighted by atomic mass is 16.5. The predicted molar refractivity (Wildman–Crippen MR) is 113 cm³/mol. The molecule has 5 heteroatoms. The number of nitrogens with one attached hydrogen (secondary N) is 2. The average molecular weight is 367 g/mol. The molecule has 1 aliphatic rings. The van der Waals surface area contributed by atoms with Crippen LogP contribution >= 0.6 is 0 Å². The zero-order chi connectivity index (χ0) is 18.9. The SMILES string of the molecule is CCOc1ccccc1CCNC(=NC)NC1CCN(c2ccccc2)C1. The summed E-state index contributed by atoms with van der Waals surface area (Å²) in [6, 6.07) is 19.2. The van der Waals surface area contributed by atoms with E-state index in [4.69, 9.17) is 4.74 Å². The van der Waals surface area contributed by atoms with Crippen LogP contribution in [0.1, 0.15) is 18.9 Å². The van der Waals surface area contributed by atoms with Crippen LogP contribution in [0.3, 0.4) is 0 Å². The minimum Gasteiger partial charge on any atom is -0.494 e. The molecule has 5 nitrogen and oxygen atoms in total. The van der Waals surface area contributed by atoms with E-state index in [0.717, 1.165) is 44.2 Å².